The molecule has 0 radical (unpaired) electrons. The van der Waals surface area contributed by atoms with Crippen LogP contribution in [0.1, 0.15) is 57.4 Å². The van der Waals surface area contributed by atoms with Crippen molar-refractivity contribution in [3.63, 3.8) is 0 Å². The Labute approximate surface area is 128 Å². The minimum atomic E-state index is -0.0721. The molecule has 1 aromatic carbocycles. The van der Waals surface area contributed by atoms with Gasteiger partial charge in [-0.1, -0.05) is 62.9 Å². The Morgan fingerprint density at radius 2 is 1.90 bits per heavy atom. The first kappa shape index (κ1) is 16.0. The molecule has 0 saturated heterocycles. The average molecular weight is 288 g/mol. The average Bonchev–Trinajstić information content (AvgIpc) is 2.53. The smallest absolute Gasteiger partial charge is 0.237 e. The second kappa shape index (κ2) is 8.83. The van der Waals surface area contributed by atoms with Gasteiger partial charge in [0.25, 0.3) is 0 Å². The van der Waals surface area contributed by atoms with Gasteiger partial charge in [0.15, 0.2) is 0 Å². The molecule has 1 aliphatic rings. The highest BCUT2D eigenvalue weighted by atomic mass is 16.2. The van der Waals surface area contributed by atoms with Crippen molar-refractivity contribution < 1.29 is 4.79 Å². The number of hydrogen-bond acceptors (Lipinski definition) is 2. The van der Waals surface area contributed by atoms with Crippen molar-refractivity contribution in [1.29, 1.82) is 0 Å². The van der Waals surface area contributed by atoms with E-state index in [-0.39, 0.29) is 11.9 Å². The Morgan fingerprint density at radius 1 is 1.19 bits per heavy atom. The zero-order valence-electron chi connectivity index (χ0n) is 13.1. The van der Waals surface area contributed by atoms with Crippen molar-refractivity contribution >= 4 is 5.91 Å². The quantitative estimate of drug-likeness (QED) is 0.807. The van der Waals surface area contributed by atoms with E-state index in [0.29, 0.717) is 6.04 Å². The molecule has 21 heavy (non-hydrogen) atoms. The second-order valence-electron chi connectivity index (χ2n) is 6.05. The van der Waals surface area contributed by atoms with Crippen LogP contribution in [0.2, 0.25) is 0 Å². The van der Waals surface area contributed by atoms with Crippen molar-refractivity contribution in [3.05, 3.63) is 35.9 Å². The fourth-order valence-electron chi connectivity index (χ4n) is 3.00. The van der Waals surface area contributed by atoms with Gasteiger partial charge in [0.2, 0.25) is 5.91 Å². The molecule has 2 rings (SSSR count). The van der Waals surface area contributed by atoms with Crippen LogP contribution in [0.4, 0.5) is 0 Å². The molecular formula is C18H28N2O. The van der Waals surface area contributed by atoms with Crippen LogP contribution in [-0.2, 0) is 11.3 Å². The lowest BCUT2D eigenvalue weighted by Gasteiger charge is -2.26. The normalized spacial score (nSPS) is 17.4. The number of amides is 1. The van der Waals surface area contributed by atoms with Gasteiger partial charge in [-0.15, -0.1) is 0 Å². The first-order valence-corrected chi connectivity index (χ1v) is 8.37. The van der Waals surface area contributed by atoms with Gasteiger partial charge < -0.3 is 10.6 Å². The van der Waals surface area contributed by atoms with Gasteiger partial charge in [-0.3, -0.25) is 4.79 Å². The monoisotopic (exact) mass is 288 g/mol. The van der Waals surface area contributed by atoms with Crippen LogP contribution in [0.5, 0.6) is 0 Å². The molecule has 1 fully saturated rings. The van der Waals surface area contributed by atoms with Crippen LogP contribution >= 0.6 is 0 Å². The molecule has 1 atom stereocenters. The largest absolute Gasteiger partial charge is 0.352 e. The van der Waals surface area contributed by atoms with E-state index in [1.54, 1.807) is 0 Å². The third-order valence-corrected chi connectivity index (χ3v) is 4.24. The van der Waals surface area contributed by atoms with Crippen LogP contribution < -0.4 is 10.6 Å². The van der Waals surface area contributed by atoms with Gasteiger partial charge in [0.1, 0.15) is 0 Å². The number of benzene rings is 1. The number of rotatable bonds is 7. The van der Waals surface area contributed by atoms with Crippen molar-refractivity contribution in [1.82, 2.24) is 10.6 Å². The standard InChI is InChI=1S/C18H28N2O/c1-2-9-17(19-14-15-10-5-3-6-11-15)18(21)20-16-12-7-4-8-13-16/h3,5-6,10-11,16-17,19H,2,4,7-9,12-14H2,1H3,(H,20,21). The molecular weight excluding hydrogens is 260 g/mol. The lowest BCUT2D eigenvalue weighted by molar-refractivity contribution is -0.124. The number of carbonyl (C=O) groups excluding carboxylic acids is 1. The number of carbonyl (C=O) groups is 1. The van der Waals surface area contributed by atoms with Crippen molar-refractivity contribution in [2.24, 2.45) is 0 Å². The maximum absolute atomic E-state index is 12.4. The van der Waals surface area contributed by atoms with Crippen LogP contribution in [0.25, 0.3) is 0 Å². The molecule has 0 bridgehead atoms. The van der Waals surface area contributed by atoms with Crippen LogP contribution in [-0.4, -0.2) is 18.0 Å². The summed E-state index contributed by atoms with van der Waals surface area (Å²) in [5, 5.41) is 6.65. The Balaban J connectivity index is 1.83. The van der Waals surface area contributed by atoms with Gasteiger partial charge >= 0.3 is 0 Å². The Morgan fingerprint density at radius 3 is 2.57 bits per heavy atom. The third kappa shape index (κ3) is 5.50. The van der Waals surface area contributed by atoms with E-state index in [9.17, 15) is 4.79 Å². The van der Waals surface area contributed by atoms with Crippen molar-refractivity contribution in [3.8, 4) is 0 Å². The van der Waals surface area contributed by atoms with E-state index in [0.717, 1.165) is 32.2 Å². The topological polar surface area (TPSA) is 41.1 Å². The summed E-state index contributed by atoms with van der Waals surface area (Å²) in [7, 11) is 0. The lowest BCUT2D eigenvalue weighted by Crippen LogP contribution is -2.48. The lowest BCUT2D eigenvalue weighted by atomic mass is 9.95. The summed E-state index contributed by atoms with van der Waals surface area (Å²) in [6.45, 7) is 2.88. The Hall–Kier alpha value is -1.35. The summed E-state index contributed by atoms with van der Waals surface area (Å²) < 4.78 is 0. The maximum atomic E-state index is 12.4. The summed E-state index contributed by atoms with van der Waals surface area (Å²) in [4.78, 5) is 12.4. The van der Waals surface area contributed by atoms with Gasteiger partial charge in [-0.05, 0) is 24.8 Å². The Kier molecular flexibility index (Phi) is 6.74. The van der Waals surface area contributed by atoms with Gasteiger partial charge in [-0.2, -0.15) is 0 Å². The second-order valence-corrected chi connectivity index (χ2v) is 6.05. The molecule has 0 aromatic heterocycles. The molecule has 3 heteroatoms. The van der Waals surface area contributed by atoms with Crippen molar-refractivity contribution in [2.45, 2.75) is 70.5 Å². The van der Waals surface area contributed by atoms with Gasteiger partial charge in [0, 0.05) is 12.6 Å². The third-order valence-electron chi connectivity index (χ3n) is 4.24. The molecule has 2 N–H and O–H groups in total. The zero-order valence-corrected chi connectivity index (χ0v) is 13.1. The van der Waals surface area contributed by atoms with Crippen LogP contribution in [0.15, 0.2) is 30.3 Å². The predicted octanol–water partition coefficient (Wildman–Crippen LogP) is 3.39. The molecule has 1 saturated carbocycles. The highest BCUT2D eigenvalue weighted by molar-refractivity contribution is 5.82. The molecule has 0 aliphatic heterocycles. The van der Waals surface area contributed by atoms with E-state index >= 15 is 0 Å². The first-order chi connectivity index (χ1) is 10.3. The van der Waals surface area contributed by atoms with E-state index in [1.165, 1.54) is 24.8 Å². The van der Waals surface area contributed by atoms with E-state index in [1.807, 2.05) is 18.2 Å². The predicted molar refractivity (Wildman–Crippen MR) is 87.0 cm³/mol. The summed E-state index contributed by atoms with van der Waals surface area (Å²) >= 11 is 0. The fourth-order valence-corrected chi connectivity index (χ4v) is 3.00. The molecule has 0 spiro atoms. The summed E-state index contributed by atoms with van der Waals surface area (Å²) in [6, 6.07) is 10.6. The van der Waals surface area contributed by atoms with Gasteiger partial charge in [0.05, 0.1) is 6.04 Å². The number of hydrogen-bond donors (Lipinski definition) is 2. The Bertz CT molecular complexity index is 412. The van der Waals surface area contributed by atoms with Crippen molar-refractivity contribution in [2.75, 3.05) is 0 Å². The fraction of sp³-hybridized carbons (Fsp3) is 0.611. The minimum absolute atomic E-state index is 0.0721. The summed E-state index contributed by atoms with van der Waals surface area (Å²) in [6.07, 6.45) is 8.02. The molecule has 1 unspecified atom stereocenters. The molecule has 0 heterocycles. The van der Waals surface area contributed by atoms with E-state index < -0.39 is 0 Å². The highest BCUT2D eigenvalue weighted by Gasteiger charge is 2.21. The molecule has 1 aliphatic carbocycles. The SMILES string of the molecule is CCCC(NCc1ccccc1)C(=O)NC1CCCCC1. The number of nitrogens with one attached hydrogen (secondary N) is 2. The van der Waals surface area contributed by atoms with Crippen LogP contribution in [0.3, 0.4) is 0 Å². The minimum Gasteiger partial charge on any atom is -0.352 e. The maximum Gasteiger partial charge on any atom is 0.237 e. The molecule has 3 nitrogen and oxygen atoms in total. The molecule has 1 amide bonds. The molecule has 116 valence electrons. The van der Waals surface area contributed by atoms with E-state index in [4.69, 9.17) is 0 Å². The first-order valence-electron chi connectivity index (χ1n) is 8.37. The highest BCUT2D eigenvalue weighted by Crippen LogP contribution is 2.17. The van der Waals surface area contributed by atoms with E-state index in [2.05, 4.69) is 29.7 Å². The van der Waals surface area contributed by atoms with Gasteiger partial charge in [-0.25, -0.2) is 0 Å². The zero-order chi connectivity index (χ0) is 14.9. The van der Waals surface area contributed by atoms with Crippen LogP contribution in [0, 0.1) is 0 Å². The molecule has 1 aromatic rings. The summed E-state index contributed by atoms with van der Waals surface area (Å²) in [5.41, 5.74) is 1.23. The summed E-state index contributed by atoms with van der Waals surface area (Å²) in [5.74, 6) is 0.180.